The van der Waals surface area contributed by atoms with Gasteiger partial charge in [0.1, 0.15) is 11.8 Å². The van der Waals surface area contributed by atoms with E-state index in [0.29, 0.717) is 11.1 Å². The van der Waals surface area contributed by atoms with Crippen molar-refractivity contribution >= 4 is 16.9 Å². The molecule has 1 heterocycles. The van der Waals surface area contributed by atoms with Crippen molar-refractivity contribution in [2.45, 2.75) is 19.4 Å². The zero-order valence-corrected chi connectivity index (χ0v) is 9.78. The summed E-state index contributed by atoms with van der Waals surface area (Å²) in [6.07, 6.45) is 6.78. The third-order valence-corrected chi connectivity index (χ3v) is 2.51. The van der Waals surface area contributed by atoms with Gasteiger partial charge in [-0.3, -0.25) is 4.79 Å². The number of hydrogen-bond donors (Lipinski definition) is 1. The fraction of sp³-hybridized carbons (Fsp3) is 0.214. The summed E-state index contributed by atoms with van der Waals surface area (Å²) in [6, 6.07) is 7.38. The summed E-state index contributed by atoms with van der Waals surface area (Å²) >= 11 is 0. The normalized spacial score (nSPS) is 11.1. The van der Waals surface area contributed by atoms with Gasteiger partial charge in [0, 0.05) is 5.39 Å². The van der Waals surface area contributed by atoms with Crippen LogP contribution in [0.15, 0.2) is 34.9 Å². The third-order valence-electron chi connectivity index (χ3n) is 2.51. The van der Waals surface area contributed by atoms with Crippen molar-refractivity contribution in [1.29, 1.82) is 0 Å². The Balaban J connectivity index is 2.35. The molecule has 0 bridgehead atoms. The summed E-state index contributed by atoms with van der Waals surface area (Å²) < 4.78 is 5.31. The maximum absolute atomic E-state index is 12.0. The molecule has 3 nitrogen and oxygen atoms in total. The van der Waals surface area contributed by atoms with Crippen LogP contribution in [0.25, 0.3) is 11.0 Å². The Morgan fingerprint density at radius 2 is 2.12 bits per heavy atom. The van der Waals surface area contributed by atoms with Gasteiger partial charge in [0.25, 0.3) is 5.91 Å². The Morgan fingerprint density at radius 3 is 2.82 bits per heavy atom. The lowest BCUT2D eigenvalue weighted by Crippen LogP contribution is -2.41. The number of rotatable bonds is 2. The van der Waals surface area contributed by atoms with Crippen LogP contribution in [0, 0.1) is 12.3 Å². The summed E-state index contributed by atoms with van der Waals surface area (Å²) in [5, 5.41) is 3.56. The molecular weight excluding hydrogens is 214 g/mol. The molecule has 0 spiro atoms. The lowest BCUT2D eigenvalue weighted by Gasteiger charge is -2.18. The second-order valence-electron chi connectivity index (χ2n) is 4.37. The van der Waals surface area contributed by atoms with E-state index >= 15 is 0 Å². The number of terminal acetylenes is 1. The van der Waals surface area contributed by atoms with Crippen LogP contribution >= 0.6 is 0 Å². The van der Waals surface area contributed by atoms with Gasteiger partial charge in [-0.25, -0.2) is 0 Å². The Labute approximate surface area is 99.8 Å². The van der Waals surface area contributed by atoms with Gasteiger partial charge in [0.05, 0.1) is 11.1 Å². The molecule has 0 aliphatic heterocycles. The van der Waals surface area contributed by atoms with E-state index in [4.69, 9.17) is 10.8 Å². The number of benzene rings is 1. The molecule has 2 aromatic rings. The molecule has 17 heavy (non-hydrogen) atoms. The van der Waals surface area contributed by atoms with Crippen LogP contribution in [0.5, 0.6) is 0 Å². The van der Waals surface area contributed by atoms with Crippen molar-refractivity contribution in [2.75, 3.05) is 0 Å². The number of amides is 1. The van der Waals surface area contributed by atoms with E-state index in [-0.39, 0.29) is 5.91 Å². The van der Waals surface area contributed by atoms with Gasteiger partial charge in [0.2, 0.25) is 0 Å². The molecule has 86 valence electrons. The first kappa shape index (κ1) is 11.3. The number of para-hydroxylation sites is 1. The molecule has 2 rings (SSSR count). The zero-order chi connectivity index (χ0) is 12.5. The highest BCUT2D eigenvalue weighted by Crippen LogP contribution is 2.21. The minimum absolute atomic E-state index is 0.224. The zero-order valence-electron chi connectivity index (χ0n) is 9.78. The highest BCUT2D eigenvalue weighted by Gasteiger charge is 2.20. The van der Waals surface area contributed by atoms with Crippen molar-refractivity contribution in [3.8, 4) is 12.3 Å². The number of carbonyl (C=O) groups excluding carboxylic acids is 1. The Bertz CT molecular complexity index is 602. The number of nitrogens with one attached hydrogen (secondary N) is 1. The summed E-state index contributed by atoms with van der Waals surface area (Å²) in [4.78, 5) is 12.0. The maximum atomic E-state index is 12.0. The molecule has 0 unspecified atom stereocenters. The molecule has 0 fully saturated rings. The number of carbonyl (C=O) groups is 1. The van der Waals surface area contributed by atoms with Gasteiger partial charge in [0.15, 0.2) is 0 Å². The number of hydrogen-bond acceptors (Lipinski definition) is 2. The van der Waals surface area contributed by atoms with E-state index in [2.05, 4.69) is 11.2 Å². The topological polar surface area (TPSA) is 42.2 Å². The smallest absolute Gasteiger partial charge is 0.256 e. The molecule has 1 aromatic heterocycles. The van der Waals surface area contributed by atoms with Crippen LogP contribution in [-0.2, 0) is 0 Å². The summed E-state index contributed by atoms with van der Waals surface area (Å²) in [5.41, 5.74) is 0.523. The predicted molar refractivity (Wildman–Crippen MR) is 66.6 cm³/mol. The van der Waals surface area contributed by atoms with Crippen molar-refractivity contribution in [3.05, 3.63) is 36.1 Å². The lowest BCUT2D eigenvalue weighted by molar-refractivity contribution is 0.0930. The van der Waals surface area contributed by atoms with Crippen LogP contribution in [0.4, 0.5) is 0 Å². The van der Waals surface area contributed by atoms with Gasteiger partial charge >= 0.3 is 0 Å². The van der Waals surface area contributed by atoms with Crippen LogP contribution < -0.4 is 5.32 Å². The molecule has 1 aromatic carbocycles. The van der Waals surface area contributed by atoms with Crippen LogP contribution in [0.1, 0.15) is 24.2 Å². The Kier molecular flexibility index (Phi) is 2.64. The van der Waals surface area contributed by atoms with Gasteiger partial charge in [-0.05, 0) is 19.9 Å². The second-order valence-corrected chi connectivity index (χ2v) is 4.37. The highest BCUT2D eigenvalue weighted by molar-refractivity contribution is 6.06. The average molecular weight is 227 g/mol. The van der Waals surface area contributed by atoms with E-state index in [9.17, 15) is 4.79 Å². The van der Waals surface area contributed by atoms with E-state index in [1.807, 2.05) is 24.3 Å². The molecule has 1 amide bonds. The van der Waals surface area contributed by atoms with Crippen molar-refractivity contribution in [1.82, 2.24) is 5.32 Å². The first-order valence-electron chi connectivity index (χ1n) is 5.30. The van der Waals surface area contributed by atoms with Crippen LogP contribution in [-0.4, -0.2) is 11.4 Å². The van der Waals surface area contributed by atoms with E-state index in [1.165, 1.54) is 6.26 Å². The molecule has 0 aliphatic carbocycles. The van der Waals surface area contributed by atoms with Gasteiger partial charge < -0.3 is 9.73 Å². The highest BCUT2D eigenvalue weighted by atomic mass is 16.3. The standard InChI is InChI=1S/C14H13NO2/c1-4-14(2,3)15-13(16)11-9-17-12-8-6-5-7-10(11)12/h1,5-9H,2-3H3,(H,15,16). The quantitative estimate of drug-likeness (QED) is 0.801. The SMILES string of the molecule is C#CC(C)(C)NC(=O)c1coc2ccccc12. The summed E-state index contributed by atoms with van der Waals surface area (Å²) in [7, 11) is 0. The van der Waals surface area contributed by atoms with Gasteiger partial charge in [-0.1, -0.05) is 24.1 Å². The molecule has 3 heteroatoms. The van der Waals surface area contributed by atoms with Crippen LogP contribution in [0.2, 0.25) is 0 Å². The Morgan fingerprint density at radius 1 is 1.41 bits per heavy atom. The minimum Gasteiger partial charge on any atom is -0.463 e. The van der Waals surface area contributed by atoms with E-state index in [0.717, 1.165) is 5.39 Å². The molecule has 1 N–H and O–H groups in total. The molecule has 0 saturated carbocycles. The molecular formula is C14H13NO2. The second kappa shape index (κ2) is 3.99. The first-order chi connectivity index (χ1) is 8.03. The third kappa shape index (κ3) is 2.16. The predicted octanol–water partition coefficient (Wildman–Crippen LogP) is 2.57. The molecule has 0 saturated heterocycles. The van der Waals surface area contributed by atoms with E-state index < -0.39 is 5.54 Å². The number of furan rings is 1. The van der Waals surface area contributed by atoms with Crippen molar-refractivity contribution in [3.63, 3.8) is 0 Å². The molecule has 0 atom stereocenters. The fourth-order valence-electron chi connectivity index (χ4n) is 1.54. The van der Waals surface area contributed by atoms with E-state index in [1.54, 1.807) is 13.8 Å². The largest absolute Gasteiger partial charge is 0.463 e. The van der Waals surface area contributed by atoms with Crippen molar-refractivity contribution in [2.24, 2.45) is 0 Å². The lowest BCUT2D eigenvalue weighted by atomic mass is 10.1. The van der Waals surface area contributed by atoms with Gasteiger partial charge in [-0.2, -0.15) is 0 Å². The first-order valence-corrected chi connectivity index (χ1v) is 5.30. The Hall–Kier alpha value is -2.21. The monoisotopic (exact) mass is 227 g/mol. The maximum Gasteiger partial charge on any atom is 0.256 e. The summed E-state index contributed by atoms with van der Waals surface area (Å²) in [5.74, 6) is 2.30. The average Bonchev–Trinajstić information content (AvgIpc) is 2.72. The minimum atomic E-state index is -0.671. The van der Waals surface area contributed by atoms with Crippen molar-refractivity contribution < 1.29 is 9.21 Å². The van der Waals surface area contributed by atoms with Crippen LogP contribution in [0.3, 0.4) is 0 Å². The van der Waals surface area contributed by atoms with Gasteiger partial charge in [-0.15, -0.1) is 6.42 Å². The molecule has 0 aliphatic rings. The number of fused-ring (bicyclic) bond motifs is 1. The fourth-order valence-corrected chi connectivity index (χ4v) is 1.54. The summed E-state index contributed by atoms with van der Waals surface area (Å²) in [6.45, 7) is 3.54. The molecule has 0 radical (unpaired) electrons.